The molecule has 1 N–H and O–H groups in total. The molecule has 0 aromatic carbocycles. The molecule has 2 aliphatic heterocycles. The van der Waals surface area contributed by atoms with Crippen molar-refractivity contribution in [3.05, 3.63) is 48.2 Å². The quantitative estimate of drug-likeness (QED) is 0.706. The fourth-order valence-electron chi connectivity index (χ4n) is 3.63. The van der Waals surface area contributed by atoms with Crippen LogP contribution in [0.4, 0.5) is 19.0 Å². The Labute approximate surface area is 169 Å². The molecule has 1 saturated heterocycles. The lowest BCUT2D eigenvalue weighted by molar-refractivity contribution is -0.141. The van der Waals surface area contributed by atoms with Crippen LogP contribution in [0.1, 0.15) is 5.69 Å². The van der Waals surface area contributed by atoms with Gasteiger partial charge in [-0.2, -0.15) is 13.2 Å². The number of aliphatic imine (C=N–C) groups is 1. The van der Waals surface area contributed by atoms with Gasteiger partial charge in [0.25, 0.3) is 0 Å². The van der Waals surface area contributed by atoms with Gasteiger partial charge in [0.1, 0.15) is 11.5 Å². The monoisotopic (exact) mass is 414 g/mol. The van der Waals surface area contributed by atoms with Crippen LogP contribution in [0, 0.1) is 0 Å². The Morgan fingerprint density at radius 1 is 1.13 bits per heavy atom. The van der Waals surface area contributed by atoms with E-state index in [9.17, 15) is 13.2 Å². The first-order valence-electron chi connectivity index (χ1n) is 9.41. The molecule has 1 fully saturated rings. The minimum absolute atomic E-state index is 0.152. The van der Waals surface area contributed by atoms with E-state index >= 15 is 0 Å². The van der Waals surface area contributed by atoms with Gasteiger partial charge in [0.2, 0.25) is 0 Å². The maximum Gasteiger partial charge on any atom is 0.434 e. The largest absolute Gasteiger partial charge is 0.434 e. The summed E-state index contributed by atoms with van der Waals surface area (Å²) in [6.45, 7) is 2.95. The van der Waals surface area contributed by atoms with Crippen LogP contribution < -0.4 is 10.2 Å². The lowest BCUT2D eigenvalue weighted by atomic mass is 10.1. The Kier molecular flexibility index (Phi) is 4.46. The van der Waals surface area contributed by atoms with Gasteiger partial charge in [0.15, 0.2) is 17.2 Å². The zero-order valence-corrected chi connectivity index (χ0v) is 15.7. The highest BCUT2D eigenvalue weighted by molar-refractivity contribution is 5.82. The van der Waals surface area contributed by atoms with Crippen LogP contribution in [0.3, 0.4) is 0 Å². The van der Waals surface area contributed by atoms with E-state index in [0.29, 0.717) is 36.1 Å². The van der Waals surface area contributed by atoms with Crippen LogP contribution in [0.2, 0.25) is 0 Å². The van der Waals surface area contributed by atoms with Gasteiger partial charge < -0.3 is 10.2 Å². The molecule has 0 radical (unpaired) electrons. The number of alkyl halides is 3. The van der Waals surface area contributed by atoms with Crippen molar-refractivity contribution in [1.82, 2.24) is 29.7 Å². The molecule has 3 aromatic heterocycles. The van der Waals surface area contributed by atoms with Crippen LogP contribution >= 0.6 is 0 Å². The van der Waals surface area contributed by atoms with E-state index in [-0.39, 0.29) is 6.04 Å². The van der Waals surface area contributed by atoms with E-state index in [4.69, 9.17) is 0 Å². The Hall–Kier alpha value is -3.34. The summed E-state index contributed by atoms with van der Waals surface area (Å²) in [4.78, 5) is 22.8. The number of halogens is 3. The Balaban J connectivity index is 1.47. The molecule has 3 aromatic rings. The molecule has 0 bridgehead atoms. The number of anilines is 1. The highest BCUT2D eigenvalue weighted by Gasteiger charge is 2.33. The molecule has 0 amide bonds. The van der Waals surface area contributed by atoms with Gasteiger partial charge >= 0.3 is 6.18 Å². The molecule has 30 heavy (non-hydrogen) atoms. The number of imidazole rings is 1. The molecule has 0 saturated carbocycles. The minimum Gasteiger partial charge on any atom is -0.353 e. The molecule has 1 atom stereocenters. The number of hydrogen-bond acceptors (Lipinski definition) is 7. The van der Waals surface area contributed by atoms with Crippen molar-refractivity contribution in [2.45, 2.75) is 12.2 Å². The molecule has 2 aliphatic rings. The van der Waals surface area contributed by atoms with E-state index in [2.05, 4.69) is 41.2 Å². The second-order valence-corrected chi connectivity index (χ2v) is 7.03. The predicted octanol–water partition coefficient (Wildman–Crippen LogP) is 1.99. The molecule has 8 nitrogen and oxygen atoms in total. The van der Waals surface area contributed by atoms with Crippen LogP contribution in [0.5, 0.6) is 0 Å². The zero-order valence-electron chi connectivity index (χ0n) is 15.7. The minimum atomic E-state index is -4.55. The predicted molar refractivity (Wildman–Crippen MR) is 104 cm³/mol. The van der Waals surface area contributed by atoms with Gasteiger partial charge in [-0.3, -0.25) is 9.39 Å². The lowest BCUT2D eigenvalue weighted by Gasteiger charge is -2.34. The number of rotatable bonds is 3. The molecular weight excluding hydrogens is 397 g/mol. The van der Waals surface area contributed by atoms with E-state index in [0.717, 1.165) is 31.1 Å². The van der Waals surface area contributed by atoms with E-state index < -0.39 is 11.9 Å². The van der Waals surface area contributed by atoms with Crippen molar-refractivity contribution in [3.63, 3.8) is 0 Å². The normalized spacial score (nSPS) is 19.5. The Morgan fingerprint density at radius 2 is 2.03 bits per heavy atom. The molecule has 11 heteroatoms. The highest BCUT2D eigenvalue weighted by Crippen LogP contribution is 2.29. The maximum absolute atomic E-state index is 13.1. The first-order valence-corrected chi connectivity index (χ1v) is 9.41. The molecule has 5 rings (SSSR count). The summed E-state index contributed by atoms with van der Waals surface area (Å²) in [6.07, 6.45) is 4.50. The molecular formula is C19H17F3N8. The first kappa shape index (κ1) is 18.7. The molecule has 5 heterocycles. The number of hydrogen-bond donors (Lipinski definition) is 1. The number of aromatic nitrogens is 5. The summed E-state index contributed by atoms with van der Waals surface area (Å²) in [7, 11) is 0. The topological polar surface area (TPSA) is 83.6 Å². The third kappa shape index (κ3) is 3.41. The number of nitrogens with one attached hydrogen (secondary N) is 1. The SMILES string of the molecule is FC(F)(F)c1cn2c(-c3nccc(N4CCNC(C5=CCN=C5)C4)n3)cnc2cn1. The second kappa shape index (κ2) is 7.17. The third-order valence-electron chi connectivity index (χ3n) is 5.13. The molecule has 1 unspecified atom stereocenters. The van der Waals surface area contributed by atoms with Gasteiger partial charge in [-0.1, -0.05) is 6.08 Å². The van der Waals surface area contributed by atoms with Crippen molar-refractivity contribution in [2.24, 2.45) is 4.99 Å². The van der Waals surface area contributed by atoms with Crippen molar-refractivity contribution in [3.8, 4) is 11.5 Å². The fourth-order valence-corrected chi connectivity index (χ4v) is 3.63. The summed E-state index contributed by atoms with van der Waals surface area (Å²) in [5.74, 6) is 1.01. The summed E-state index contributed by atoms with van der Waals surface area (Å²) >= 11 is 0. The number of piperazine rings is 1. The van der Waals surface area contributed by atoms with Crippen molar-refractivity contribution in [2.75, 3.05) is 31.1 Å². The molecule has 0 aliphatic carbocycles. The summed E-state index contributed by atoms with van der Waals surface area (Å²) in [5.41, 5.74) is 0.823. The van der Waals surface area contributed by atoms with Gasteiger partial charge in [-0.15, -0.1) is 0 Å². The smallest absolute Gasteiger partial charge is 0.353 e. The van der Waals surface area contributed by atoms with Crippen LogP contribution in [0.25, 0.3) is 17.2 Å². The lowest BCUT2D eigenvalue weighted by Crippen LogP contribution is -2.52. The third-order valence-corrected chi connectivity index (χ3v) is 5.13. The highest BCUT2D eigenvalue weighted by atomic mass is 19.4. The standard InChI is InChI=1S/C19H17F3N8/c20-19(21,22)15-11-30-14(8-27-17(30)9-26-15)18-25-4-2-16(28-18)29-6-5-24-13(10-29)12-1-3-23-7-12/h1-2,4,7-9,11,13,24H,3,5-6,10H2. The van der Waals surface area contributed by atoms with Gasteiger partial charge in [0, 0.05) is 38.2 Å². The van der Waals surface area contributed by atoms with Gasteiger partial charge in [-0.25, -0.2) is 19.9 Å². The van der Waals surface area contributed by atoms with Crippen LogP contribution in [0.15, 0.2) is 47.5 Å². The van der Waals surface area contributed by atoms with Crippen LogP contribution in [-0.4, -0.2) is 62.8 Å². The van der Waals surface area contributed by atoms with Crippen molar-refractivity contribution in [1.29, 1.82) is 0 Å². The fraction of sp³-hybridized carbons (Fsp3) is 0.316. The summed E-state index contributed by atoms with van der Waals surface area (Å²) in [5, 5.41) is 3.48. The van der Waals surface area contributed by atoms with E-state index in [1.807, 2.05) is 6.21 Å². The molecule has 154 valence electrons. The van der Waals surface area contributed by atoms with Gasteiger partial charge in [0.05, 0.1) is 25.0 Å². The van der Waals surface area contributed by atoms with Gasteiger partial charge in [-0.05, 0) is 11.6 Å². The number of fused-ring (bicyclic) bond motifs is 1. The van der Waals surface area contributed by atoms with E-state index in [1.54, 1.807) is 12.3 Å². The molecule has 0 spiro atoms. The first-order chi connectivity index (χ1) is 14.5. The average molecular weight is 414 g/mol. The van der Waals surface area contributed by atoms with E-state index in [1.165, 1.54) is 10.6 Å². The maximum atomic E-state index is 13.1. The zero-order chi connectivity index (χ0) is 20.7. The second-order valence-electron chi connectivity index (χ2n) is 7.03. The van der Waals surface area contributed by atoms with Crippen molar-refractivity contribution < 1.29 is 13.2 Å². The Bertz CT molecular complexity index is 1150. The average Bonchev–Trinajstić information content (AvgIpc) is 3.43. The number of nitrogens with zero attached hydrogens (tertiary/aromatic N) is 7. The Morgan fingerprint density at radius 3 is 2.83 bits per heavy atom. The summed E-state index contributed by atoms with van der Waals surface area (Å²) in [6, 6.07) is 1.95. The summed E-state index contributed by atoms with van der Waals surface area (Å²) < 4.78 is 40.5. The van der Waals surface area contributed by atoms with Crippen molar-refractivity contribution >= 4 is 17.7 Å². The van der Waals surface area contributed by atoms with Crippen LogP contribution in [-0.2, 0) is 6.18 Å².